The van der Waals surface area contributed by atoms with Crippen LogP contribution in [0.5, 0.6) is 11.5 Å². The van der Waals surface area contributed by atoms with Crippen LogP contribution in [0.4, 0.5) is 0 Å². The van der Waals surface area contributed by atoms with E-state index in [9.17, 15) is 13.2 Å². The number of sulfonamides is 1. The molecule has 1 aromatic carbocycles. The molecule has 8 heteroatoms. The summed E-state index contributed by atoms with van der Waals surface area (Å²) >= 11 is 0. The Morgan fingerprint density at radius 2 is 2.17 bits per heavy atom. The summed E-state index contributed by atoms with van der Waals surface area (Å²) < 4.78 is 35.3. The molecular formula is C15H22N2O5S. The van der Waals surface area contributed by atoms with E-state index in [1.165, 1.54) is 14.1 Å². The molecule has 0 saturated carbocycles. The third kappa shape index (κ3) is 4.14. The summed E-state index contributed by atoms with van der Waals surface area (Å²) in [5.74, 6) is 0.667. The number of methoxy groups -OCH3 is 1. The van der Waals surface area contributed by atoms with Gasteiger partial charge in [0.2, 0.25) is 15.9 Å². The second-order valence-corrected chi connectivity index (χ2v) is 7.85. The molecule has 1 N–H and O–H groups in total. The molecule has 0 radical (unpaired) electrons. The first kappa shape index (κ1) is 17.6. The number of hydrogen-bond donors (Lipinski definition) is 1. The first-order chi connectivity index (χ1) is 10.8. The minimum Gasteiger partial charge on any atom is -0.493 e. The normalized spacial score (nSPS) is 17.3. The van der Waals surface area contributed by atoms with E-state index in [-0.39, 0.29) is 30.7 Å². The van der Waals surface area contributed by atoms with E-state index < -0.39 is 10.0 Å². The molecule has 1 aliphatic rings. The predicted octanol–water partition coefficient (Wildman–Crippen LogP) is 0.254. The number of rotatable bonds is 6. The van der Waals surface area contributed by atoms with Crippen LogP contribution >= 0.6 is 0 Å². The molecule has 1 aromatic rings. The fraction of sp³-hybridized carbons (Fsp3) is 0.533. The Kier molecular flexibility index (Phi) is 5.48. The van der Waals surface area contributed by atoms with Crippen LogP contribution in [0.15, 0.2) is 18.2 Å². The summed E-state index contributed by atoms with van der Waals surface area (Å²) in [6, 6.07) is 5.56. The number of nitrogens with one attached hydrogen (secondary N) is 1. The maximum atomic E-state index is 12.2. The van der Waals surface area contributed by atoms with E-state index in [1.807, 2.05) is 18.2 Å². The van der Waals surface area contributed by atoms with Gasteiger partial charge in [0.25, 0.3) is 0 Å². The molecule has 1 unspecified atom stereocenters. The van der Waals surface area contributed by atoms with Crippen molar-refractivity contribution in [1.29, 1.82) is 0 Å². The molecule has 0 aliphatic carbocycles. The highest BCUT2D eigenvalue weighted by molar-refractivity contribution is 7.89. The van der Waals surface area contributed by atoms with Crippen LogP contribution in [0.3, 0.4) is 0 Å². The highest BCUT2D eigenvalue weighted by Gasteiger charge is 2.28. The van der Waals surface area contributed by atoms with Crippen molar-refractivity contribution in [2.75, 3.05) is 40.1 Å². The highest BCUT2D eigenvalue weighted by Crippen LogP contribution is 2.35. The van der Waals surface area contributed by atoms with E-state index in [0.29, 0.717) is 17.9 Å². The second-order valence-electron chi connectivity index (χ2n) is 5.55. The molecule has 0 bridgehead atoms. The lowest BCUT2D eigenvalue weighted by Crippen LogP contribution is -2.40. The van der Waals surface area contributed by atoms with Gasteiger partial charge in [0.15, 0.2) is 11.5 Å². The summed E-state index contributed by atoms with van der Waals surface area (Å²) in [6.45, 7) is 0.334. The lowest BCUT2D eigenvalue weighted by atomic mass is 9.95. The maximum Gasteiger partial charge on any atom is 0.226 e. The fourth-order valence-corrected chi connectivity index (χ4v) is 3.08. The van der Waals surface area contributed by atoms with Gasteiger partial charge < -0.3 is 14.8 Å². The number of benzene rings is 1. The standard InChI is InChI=1S/C15H22N2O5S/c1-17(2)23(19,20)8-7-16-15(18)12-9-11-5-4-6-13(21-3)14(11)22-10-12/h4-6,12H,7-10H2,1-3H3,(H,16,18). The molecule has 1 amide bonds. The number of nitrogens with zero attached hydrogens (tertiary/aromatic N) is 1. The summed E-state index contributed by atoms with van der Waals surface area (Å²) in [5, 5.41) is 2.67. The topological polar surface area (TPSA) is 84.9 Å². The number of para-hydroxylation sites is 1. The van der Waals surface area contributed by atoms with Crippen molar-refractivity contribution in [3.63, 3.8) is 0 Å². The average Bonchev–Trinajstić information content (AvgIpc) is 2.53. The summed E-state index contributed by atoms with van der Waals surface area (Å²) in [5.41, 5.74) is 0.914. The Balaban J connectivity index is 1.92. The Labute approximate surface area is 136 Å². The molecule has 0 fully saturated rings. The zero-order chi connectivity index (χ0) is 17.0. The minimum absolute atomic E-state index is 0.0841. The molecule has 23 heavy (non-hydrogen) atoms. The van der Waals surface area contributed by atoms with E-state index in [4.69, 9.17) is 9.47 Å². The minimum atomic E-state index is -3.31. The fourth-order valence-electron chi connectivity index (χ4n) is 2.35. The number of carbonyl (C=O) groups is 1. The van der Waals surface area contributed by atoms with Crippen LogP contribution < -0.4 is 14.8 Å². The van der Waals surface area contributed by atoms with E-state index >= 15 is 0 Å². The van der Waals surface area contributed by atoms with Gasteiger partial charge in [-0.25, -0.2) is 12.7 Å². The Hall–Kier alpha value is -1.80. The number of carbonyl (C=O) groups excluding carboxylic acids is 1. The molecule has 1 aliphatic heterocycles. The van der Waals surface area contributed by atoms with Crippen molar-refractivity contribution >= 4 is 15.9 Å². The first-order valence-electron chi connectivity index (χ1n) is 7.31. The second kappa shape index (κ2) is 7.18. The quantitative estimate of drug-likeness (QED) is 0.801. The molecule has 0 spiro atoms. The van der Waals surface area contributed by atoms with E-state index in [2.05, 4.69) is 5.32 Å². The van der Waals surface area contributed by atoms with Gasteiger partial charge >= 0.3 is 0 Å². The number of fused-ring (bicyclic) bond motifs is 1. The molecular weight excluding hydrogens is 320 g/mol. The van der Waals surface area contributed by atoms with Gasteiger partial charge in [0, 0.05) is 20.6 Å². The van der Waals surface area contributed by atoms with Crippen LogP contribution in [0, 0.1) is 5.92 Å². The monoisotopic (exact) mass is 342 g/mol. The van der Waals surface area contributed by atoms with Gasteiger partial charge in [0.1, 0.15) is 6.61 Å². The molecule has 1 heterocycles. The van der Waals surface area contributed by atoms with Crippen LogP contribution in [0.2, 0.25) is 0 Å². The first-order valence-corrected chi connectivity index (χ1v) is 8.92. The van der Waals surface area contributed by atoms with Gasteiger partial charge in [-0.15, -0.1) is 0 Å². The van der Waals surface area contributed by atoms with Crippen LogP contribution in [-0.4, -0.2) is 58.7 Å². The SMILES string of the molecule is COc1cccc2c1OCC(C(=O)NCCS(=O)(=O)N(C)C)C2. The van der Waals surface area contributed by atoms with Crippen molar-refractivity contribution in [1.82, 2.24) is 9.62 Å². The maximum absolute atomic E-state index is 12.2. The molecule has 0 saturated heterocycles. The molecule has 128 valence electrons. The van der Waals surface area contributed by atoms with Crippen molar-refractivity contribution in [2.45, 2.75) is 6.42 Å². The van der Waals surface area contributed by atoms with Crippen LogP contribution in [-0.2, 0) is 21.2 Å². The summed E-state index contributed by atoms with van der Waals surface area (Å²) in [7, 11) is 1.20. The van der Waals surface area contributed by atoms with Gasteiger partial charge in [-0.3, -0.25) is 4.79 Å². The Morgan fingerprint density at radius 1 is 1.43 bits per heavy atom. The van der Waals surface area contributed by atoms with Gasteiger partial charge in [0.05, 0.1) is 18.8 Å². The molecule has 7 nitrogen and oxygen atoms in total. The lowest BCUT2D eigenvalue weighted by Gasteiger charge is -2.25. The average molecular weight is 342 g/mol. The largest absolute Gasteiger partial charge is 0.493 e. The van der Waals surface area contributed by atoms with Crippen molar-refractivity contribution in [3.8, 4) is 11.5 Å². The van der Waals surface area contributed by atoms with Gasteiger partial charge in [-0.1, -0.05) is 12.1 Å². The van der Waals surface area contributed by atoms with Crippen LogP contribution in [0.1, 0.15) is 5.56 Å². The van der Waals surface area contributed by atoms with Crippen LogP contribution in [0.25, 0.3) is 0 Å². The zero-order valence-electron chi connectivity index (χ0n) is 13.5. The Morgan fingerprint density at radius 3 is 2.83 bits per heavy atom. The van der Waals surface area contributed by atoms with E-state index in [0.717, 1.165) is 9.87 Å². The Bertz CT molecular complexity index is 672. The van der Waals surface area contributed by atoms with Gasteiger partial charge in [-0.05, 0) is 18.1 Å². The zero-order valence-corrected chi connectivity index (χ0v) is 14.4. The number of ether oxygens (including phenoxy) is 2. The molecule has 0 aromatic heterocycles. The molecule has 2 rings (SSSR count). The van der Waals surface area contributed by atoms with Crippen molar-refractivity contribution in [3.05, 3.63) is 23.8 Å². The van der Waals surface area contributed by atoms with Crippen molar-refractivity contribution < 1.29 is 22.7 Å². The van der Waals surface area contributed by atoms with E-state index in [1.54, 1.807) is 7.11 Å². The number of hydrogen-bond acceptors (Lipinski definition) is 5. The third-order valence-corrected chi connectivity index (χ3v) is 5.59. The number of amides is 1. The lowest BCUT2D eigenvalue weighted by molar-refractivity contribution is -0.126. The third-order valence-electron chi connectivity index (χ3n) is 3.76. The smallest absolute Gasteiger partial charge is 0.226 e. The van der Waals surface area contributed by atoms with Crippen molar-refractivity contribution in [2.24, 2.45) is 5.92 Å². The summed E-state index contributed by atoms with van der Waals surface area (Å²) in [4.78, 5) is 12.2. The molecule has 1 atom stereocenters. The summed E-state index contributed by atoms with van der Waals surface area (Å²) in [6.07, 6.45) is 0.540. The van der Waals surface area contributed by atoms with Gasteiger partial charge in [-0.2, -0.15) is 0 Å². The predicted molar refractivity (Wildman–Crippen MR) is 86.2 cm³/mol. The highest BCUT2D eigenvalue weighted by atomic mass is 32.2.